The van der Waals surface area contributed by atoms with Crippen LogP contribution in [0.15, 0.2) is 18.3 Å². The van der Waals surface area contributed by atoms with Crippen molar-refractivity contribution in [3.8, 4) is 6.07 Å². The van der Waals surface area contributed by atoms with Crippen molar-refractivity contribution in [3.05, 3.63) is 40.3 Å². The van der Waals surface area contributed by atoms with E-state index in [0.29, 0.717) is 65.6 Å². The molecule has 6 rings (SSSR count). The molecule has 1 aromatic carbocycles. The van der Waals surface area contributed by atoms with Gasteiger partial charge < -0.3 is 25.5 Å². The maximum Gasteiger partial charge on any atom is 0.275 e. The molecule has 3 N–H and O–H groups in total. The van der Waals surface area contributed by atoms with E-state index >= 15 is 0 Å². The molecular weight excluding hydrogens is 544 g/mol. The molecule has 1 saturated carbocycles. The maximum absolute atomic E-state index is 12.0. The Morgan fingerprint density at radius 1 is 1.21 bits per heavy atom. The van der Waals surface area contributed by atoms with Crippen molar-refractivity contribution in [1.82, 2.24) is 24.5 Å². The summed E-state index contributed by atoms with van der Waals surface area (Å²) in [6.45, 7) is 9.61. The molecule has 3 aromatic rings. The van der Waals surface area contributed by atoms with Crippen molar-refractivity contribution in [1.29, 1.82) is 5.26 Å². The second-order valence-electron chi connectivity index (χ2n) is 9.99. The lowest BCUT2D eigenvalue weighted by Gasteiger charge is -2.40. The smallest absolute Gasteiger partial charge is 0.275 e. The van der Waals surface area contributed by atoms with E-state index in [1.807, 2.05) is 9.80 Å². The highest BCUT2D eigenvalue weighted by Gasteiger charge is 2.41. The summed E-state index contributed by atoms with van der Waals surface area (Å²) < 4.78 is 25.4. The number of aromatic nitrogens is 4. The van der Waals surface area contributed by atoms with E-state index in [2.05, 4.69) is 36.6 Å². The van der Waals surface area contributed by atoms with E-state index in [0.717, 1.165) is 12.8 Å². The van der Waals surface area contributed by atoms with Crippen LogP contribution >= 0.6 is 11.6 Å². The number of nitriles is 1. The van der Waals surface area contributed by atoms with Crippen LogP contribution in [-0.4, -0.2) is 93.9 Å². The number of hydrogen-bond donors (Lipinski definition) is 3. The number of imidazole rings is 1. The highest BCUT2D eigenvalue weighted by molar-refractivity contribution is 7.91. The van der Waals surface area contributed by atoms with Crippen LogP contribution in [0.3, 0.4) is 0 Å². The minimum Gasteiger partial charge on any atom is -0.390 e. The Morgan fingerprint density at radius 3 is 2.62 bits per heavy atom. The van der Waals surface area contributed by atoms with Gasteiger partial charge in [0.15, 0.2) is 15.7 Å². The summed E-state index contributed by atoms with van der Waals surface area (Å²) in [5.74, 6) is 0.694. The van der Waals surface area contributed by atoms with Crippen molar-refractivity contribution in [2.24, 2.45) is 0 Å². The number of fused-ring (bicyclic) bond motifs is 1. The second-order valence-corrected chi connectivity index (χ2v) is 12.5. The Hall–Kier alpha value is -3.69. The third kappa shape index (κ3) is 5.04. The largest absolute Gasteiger partial charge is 0.390 e. The second kappa shape index (κ2) is 9.81. The Bertz CT molecular complexity index is 1630. The van der Waals surface area contributed by atoms with E-state index in [1.165, 1.54) is 10.7 Å². The number of anilines is 4. The zero-order valence-electron chi connectivity index (χ0n) is 20.7. The summed E-state index contributed by atoms with van der Waals surface area (Å²) in [6, 6.07) is 5.39. The van der Waals surface area contributed by atoms with Crippen molar-refractivity contribution in [3.63, 3.8) is 0 Å². The lowest BCUT2D eigenvalue weighted by Crippen LogP contribution is -2.53. The SMILES string of the molecule is [C-]#[N+]c1cnc2c(NC3CC3)nc(Nc3cc(C#N)cc(N4CCN(C5CS(=O)(=O)C[C@@H]5O)CC4)c3Cl)nn12. The molecule has 1 unspecified atom stereocenters. The number of sulfone groups is 1. The van der Waals surface area contributed by atoms with E-state index in [-0.39, 0.29) is 23.3 Å². The van der Waals surface area contributed by atoms with Gasteiger partial charge in [0.25, 0.3) is 17.4 Å². The predicted octanol–water partition coefficient (Wildman–Crippen LogP) is 1.80. The van der Waals surface area contributed by atoms with Crippen LogP contribution in [-0.2, 0) is 9.84 Å². The number of benzene rings is 1. The number of hydrogen-bond acceptors (Lipinski definition) is 11. The first kappa shape index (κ1) is 25.6. The Morgan fingerprint density at radius 2 is 1.97 bits per heavy atom. The first-order chi connectivity index (χ1) is 18.7. The number of rotatable bonds is 6. The Labute approximate surface area is 229 Å². The van der Waals surface area contributed by atoms with Gasteiger partial charge in [-0.15, -0.1) is 4.52 Å². The monoisotopic (exact) mass is 568 g/mol. The highest BCUT2D eigenvalue weighted by Crippen LogP contribution is 2.37. The Balaban J connectivity index is 1.27. The van der Waals surface area contributed by atoms with Gasteiger partial charge in [-0.2, -0.15) is 10.2 Å². The van der Waals surface area contributed by atoms with Gasteiger partial charge in [0.05, 0.1) is 57.9 Å². The first-order valence-corrected chi connectivity index (χ1v) is 14.7. The van der Waals surface area contributed by atoms with Crippen LogP contribution < -0.4 is 15.5 Å². The third-order valence-corrected chi connectivity index (χ3v) is 9.32. The van der Waals surface area contributed by atoms with Crippen molar-refractivity contribution < 1.29 is 13.5 Å². The highest BCUT2D eigenvalue weighted by atomic mass is 35.5. The van der Waals surface area contributed by atoms with Crippen LogP contribution in [0.25, 0.3) is 10.5 Å². The minimum atomic E-state index is -3.24. The molecule has 2 saturated heterocycles. The van der Waals surface area contributed by atoms with Crippen molar-refractivity contribution in [2.75, 3.05) is 53.2 Å². The van der Waals surface area contributed by atoms with Gasteiger partial charge in [-0.3, -0.25) is 4.90 Å². The molecule has 3 aliphatic rings. The average Bonchev–Trinajstić information content (AvgIpc) is 3.56. The quantitative estimate of drug-likeness (QED) is 0.372. The van der Waals surface area contributed by atoms with Crippen LogP contribution in [0, 0.1) is 17.9 Å². The summed E-state index contributed by atoms with van der Waals surface area (Å²) in [5, 5.41) is 31.3. The number of nitrogens with zero attached hydrogens (tertiary/aromatic N) is 8. The molecule has 1 aliphatic carbocycles. The zero-order chi connectivity index (χ0) is 27.3. The lowest BCUT2D eigenvalue weighted by atomic mass is 10.1. The fraction of sp³-hybridized carbons (Fsp3) is 0.458. The summed E-state index contributed by atoms with van der Waals surface area (Å²) in [6.07, 6.45) is 2.60. The third-order valence-electron chi connectivity index (χ3n) is 7.22. The van der Waals surface area contributed by atoms with Crippen LogP contribution in [0.5, 0.6) is 0 Å². The fourth-order valence-electron chi connectivity index (χ4n) is 5.09. The summed E-state index contributed by atoms with van der Waals surface area (Å²) >= 11 is 6.85. The number of aliphatic hydroxyl groups is 1. The minimum absolute atomic E-state index is 0.0407. The number of nitrogens with one attached hydrogen (secondary N) is 2. The molecule has 39 heavy (non-hydrogen) atoms. The molecule has 4 heterocycles. The number of aliphatic hydroxyl groups excluding tert-OH is 1. The molecule has 2 atom stereocenters. The fourth-order valence-corrected chi connectivity index (χ4v) is 7.19. The molecule has 202 valence electrons. The molecule has 3 fully saturated rings. The molecule has 0 bridgehead atoms. The molecule has 0 amide bonds. The van der Waals surface area contributed by atoms with E-state index < -0.39 is 22.0 Å². The first-order valence-electron chi connectivity index (χ1n) is 12.5. The van der Waals surface area contributed by atoms with E-state index in [4.69, 9.17) is 18.2 Å². The summed E-state index contributed by atoms with van der Waals surface area (Å²) in [7, 11) is -3.24. The van der Waals surface area contributed by atoms with Crippen LogP contribution in [0.4, 0.5) is 29.0 Å². The van der Waals surface area contributed by atoms with Gasteiger partial charge in [0.1, 0.15) is 0 Å². The summed E-state index contributed by atoms with van der Waals surface area (Å²) in [4.78, 5) is 16.4. The van der Waals surface area contributed by atoms with Crippen LogP contribution in [0.2, 0.25) is 5.02 Å². The molecule has 15 heteroatoms. The van der Waals surface area contributed by atoms with E-state index in [9.17, 15) is 18.8 Å². The van der Waals surface area contributed by atoms with Gasteiger partial charge >= 0.3 is 0 Å². The summed E-state index contributed by atoms with van der Waals surface area (Å²) in [5.41, 5.74) is 1.93. The van der Waals surface area contributed by atoms with Gasteiger partial charge in [-0.05, 0) is 25.0 Å². The molecule has 13 nitrogen and oxygen atoms in total. The number of piperazine rings is 1. The van der Waals surface area contributed by atoms with Gasteiger partial charge in [-0.1, -0.05) is 23.3 Å². The standard InChI is InChI=1S/C24H25ClN10O3S/c1-27-20-11-28-23-22(29-15-2-3-15)31-24(32-35(20)23)30-16-8-14(10-26)9-17(21(16)25)33-4-6-34(7-5-33)18-12-39(37,38)13-19(18)36/h8-9,11,15,18-19,36H,2-7,12-13H2,(H2,29,30,31,32)/t18?,19-/m0/s1. The molecule has 0 radical (unpaired) electrons. The molecule has 0 spiro atoms. The van der Waals surface area contributed by atoms with Gasteiger partial charge in [-0.25, -0.2) is 13.4 Å². The predicted molar refractivity (Wildman–Crippen MR) is 145 cm³/mol. The van der Waals surface area contributed by atoms with Gasteiger partial charge in [0, 0.05) is 32.2 Å². The van der Waals surface area contributed by atoms with Crippen molar-refractivity contribution in [2.45, 2.75) is 31.0 Å². The zero-order valence-corrected chi connectivity index (χ0v) is 22.3. The van der Waals surface area contributed by atoms with Gasteiger partial charge in [0.2, 0.25) is 0 Å². The Kier molecular flexibility index (Phi) is 6.43. The maximum atomic E-state index is 12.0. The molecule has 2 aromatic heterocycles. The van der Waals surface area contributed by atoms with Crippen LogP contribution in [0.1, 0.15) is 18.4 Å². The molecule has 2 aliphatic heterocycles. The van der Waals surface area contributed by atoms with E-state index in [1.54, 1.807) is 12.1 Å². The molecular formula is C24H25ClN10O3S. The topological polar surface area (TPSA) is 156 Å². The average molecular weight is 569 g/mol. The number of halogens is 1. The lowest BCUT2D eigenvalue weighted by molar-refractivity contribution is 0.0793. The van der Waals surface area contributed by atoms with Crippen molar-refractivity contribution >= 4 is 56.0 Å². The normalized spacial score (nSPS) is 22.9.